The summed E-state index contributed by atoms with van der Waals surface area (Å²) in [5.41, 5.74) is 0. The highest BCUT2D eigenvalue weighted by molar-refractivity contribution is 14.0. The van der Waals surface area contributed by atoms with Crippen molar-refractivity contribution in [3.8, 4) is 0 Å². The number of aliphatic imine (C=N–C) groups is 1. The molecule has 0 spiro atoms. The summed E-state index contributed by atoms with van der Waals surface area (Å²) in [6.45, 7) is 13.0. The normalized spacial score (nSPS) is 20.5. The summed E-state index contributed by atoms with van der Waals surface area (Å²) in [4.78, 5) is 21.6. The zero-order valence-electron chi connectivity index (χ0n) is 17.7. The van der Waals surface area contributed by atoms with E-state index in [-0.39, 0.29) is 29.9 Å². The Morgan fingerprint density at radius 2 is 1.78 bits per heavy atom. The summed E-state index contributed by atoms with van der Waals surface area (Å²) in [6.07, 6.45) is 5.44. The first kappa shape index (κ1) is 24.5. The van der Waals surface area contributed by atoms with E-state index in [1.54, 1.807) is 7.05 Å². The summed E-state index contributed by atoms with van der Waals surface area (Å²) < 4.78 is 0. The number of hydrogen-bond acceptors (Lipinski definition) is 3. The minimum absolute atomic E-state index is 0. The van der Waals surface area contributed by atoms with Crippen LogP contribution in [0.4, 0.5) is 0 Å². The molecule has 0 aliphatic carbocycles. The van der Waals surface area contributed by atoms with Crippen molar-refractivity contribution in [2.24, 2.45) is 16.8 Å². The molecule has 158 valence electrons. The number of halogens is 1. The number of rotatable bonds is 7. The average molecular weight is 493 g/mol. The molecule has 0 aromatic rings. The molecule has 1 amide bonds. The predicted molar refractivity (Wildman–Crippen MR) is 124 cm³/mol. The van der Waals surface area contributed by atoms with Gasteiger partial charge in [0, 0.05) is 39.1 Å². The lowest BCUT2D eigenvalue weighted by Gasteiger charge is -2.35. The molecule has 1 atom stereocenters. The molecule has 0 saturated carbocycles. The van der Waals surface area contributed by atoms with Crippen LogP contribution in [0.2, 0.25) is 0 Å². The second kappa shape index (κ2) is 12.8. The highest BCUT2D eigenvalue weighted by atomic mass is 127. The molecule has 27 heavy (non-hydrogen) atoms. The summed E-state index contributed by atoms with van der Waals surface area (Å²) in [7, 11) is 1.72. The van der Waals surface area contributed by atoms with E-state index in [4.69, 9.17) is 4.99 Å². The molecule has 2 saturated heterocycles. The van der Waals surface area contributed by atoms with E-state index in [9.17, 15) is 4.79 Å². The molecule has 7 heteroatoms. The molecule has 0 aromatic heterocycles. The first-order chi connectivity index (χ1) is 12.5. The van der Waals surface area contributed by atoms with Gasteiger partial charge in [0.25, 0.3) is 0 Å². The van der Waals surface area contributed by atoms with Gasteiger partial charge in [-0.15, -0.1) is 24.0 Å². The summed E-state index contributed by atoms with van der Waals surface area (Å²) in [6, 6.07) is 0.539. The van der Waals surface area contributed by atoms with Crippen LogP contribution in [0.5, 0.6) is 0 Å². The molecule has 0 aromatic carbocycles. The first-order valence-electron chi connectivity index (χ1n) is 10.5. The lowest BCUT2D eigenvalue weighted by atomic mass is 9.93. The van der Waals surface area contributed by atoms with Crippen molar-refractivity contribution in [3.63, 3.8) is 0 Å². The van der Waals surface area contributed by atoms with Gasteiger partial charge in [0.15, 0.2) is 5.96 Å². The van der Waals surface area contributed by atoms with Crippen LogP contribution in [0.15, 0.2) is 4.99 Å². The van der Waals surface area contributed by atoms with Gasteiger partial charge in [0.05, 0.1) is 6.54 Å². The Kier molecular flexibility index (Phi) is 11.6. The fraction of sp³-hybridized carbons (Fsp3) is 0.900. The summed E-state index contributed by atoms with van der Waals surface area (Å²) in [5.74, 6) is 2.34. The van der Waals surface area contributed by atoms with E-state index < -0.39 is 0 Å². The van der Waals surface area contributed by atoms with Crippen LogP contribution in [0.25, 0.3) is 0 Å². The molecule has 1 unspecified atom stereocenters. The fourth-order valence-corrected chi connectivity index (χ4v) is 4.14. The number of piperidine rings is 1. The second-order valence-corrected chi connectivity index (χ2v) is 8.06. The quantitative estimate of drug-likeness (QED) is 0.325. The van der Waals surface area contributed by atoms with Crippen LogP contribution in [0.1, 0.15) is 52.9 Å². The Balaban J connectivity index is 0.00000364. The van der Waals surface area contributed by atoms with Crippen molar-refractivity contribution in [2.75, 3.05) is 46.3 Å². The number of hydrogen-bond donors (Lipinski definition) is 2. The monoisotopic (exact) mass is 493 g/mol. The van der Waals surface area contributed by atoms with Crippen molar-refractivity contribution < 1.29 is 4.79 Å². The Morgan fingerprint density at radius 1 is 1.15 bits per heavy atom. The van der Waals surface area contributed by atoms with Gasteiger partial charge in [0.2, 0.25) is 5.91 Å². The number of carbonyl (C=O) groups is 1. The predicted octanol–water partition coefficient (Wildman–Crippen LogP) is 2.54. The van der Waals surface area contributed by atoms with E-state index in [0.717, 1.165) is 45.0 Å². The van der Waals surface area contributed by atoms with Gasteiger partial charge in [-0.05, 0) is 57.5 Å². The van der Waals surface area contributed by atoms with E-state index in [1.165, 1.54) is 25.9 Å². The standard InChI is InChI=1S/C20H39N5O.HI/c1-5-22-20(23-15-18(16(2)3)24-10-6-7-11-24)25-12-8-17(9-13-25)14-19(26)21-4;/h16-18H,5-15H2,1-4H3,(H,21,26)(H,22,23);1H. The van der Waals surface area contributed by atoms with E-state index >= 15 is 0 Å². The number of nitrogens with zero attached hydrogens (tertiary/aromatic N) is 3. The zero-order chi connectivity index (χ0) is 18.9. The molecule has 6 nitrogen and oxygen atoms in total. The summed E-state index contributed by atoms with van der Waals surface area (Å²) in [5, 5.41) is 6.23. The molecule has 2 aliphatic rings. The van der Waals surface area contributed by atoms with Crippen LogP contribution in [0, 0.1) is 11.8 Å². The Bertz CT molecular complexity index is 457. The maximum absolute atomic E-state index is 11.6. The molecule has 2 N–H and O–H groups in total. The largest absolute Gasteiger partial charge is 0.359 e. The van der Waals surface area contributed by atoms with Crippen LogP contribution in [0.3, 0.4) is 0 Å². The number of carbonyl (C=O) groups excluding carboxylic acids is 1. The van der Waals surface area contributed by atoms with Crippen LogP contribution in [-0.2, 0) is 4.79 Å². The van der Waals surface area contributed by atoms with Crippen LogP contribution >= 0.6 is 24.0 Å². The molecule has 2 heterocycles. The topological polar surface area (TPSA) is 60.0 Å². The highest BCUT2D eigenvalue weighted by Crippen LogP contribution is 2.21. The third-order valence-electron chi connectivity index (χ3n) is 5.81. The van der Waals surface area contributed by atoms with Gasteiger partial charge in [-0.3, -0.25) is 14.7 Å². The Hall–Kier alpha value is -0.570. The van der Waals surface area contributed by atoms with Gasteiger partial charge in [-0.2, -0.15) is 0 Å². The Morgan fingerprint density at radius 3 is 2.30 bits per heavy atom. The van der Waals surface area contributed by atoms with E-state index in [1.807, 2.05) is 0 Å². The number of likely N-dealkylation sites (tertiary alicyclic amines) is 2. The van der Waals surface area contributed by atoms with Gasteiger partial charge >= 0.3 is 0 Å². The molecule has 2 fully saturated rings. The third kappa shape index (κ3) is 7.75. The zero-order valence-corrected chi connectivity index (χ0v) is 20.0. The number of amides is 1. The van der Waals surface area contributed by atoms with Crippen molar-refractivity contribution in [1.29, 1.82) is 0 Å². The third-order valence-corrected chi connectivity index (χ3v) is 5.81. The number of nitrogens with one attached hydrogen (secondary N) is 2. The Labute approximate surface area is 182 Å². The number of guanidine groups is 1. The van der Waals surface area contributed by atoms with Crippen LogP contribution in [-0.4, -0.2) is 74.0 Å². The van der Waals surface area contributed by atoms with Gasteiger partial charge in [-0.1, -0.05) is 13.8 Å². The summed E-state index contributed by atoms with van der Waals surface area (Å²) >= 11 is 0. The first-order valence-corrected chi connectivity index (χ1v) is 10.5. The molecule has 2 aliphatic heterocycles. The average Bonchev–Trinajstić information content (AvgIpc) is 3.15. The molecule has 2 rings (SSSR count). The smallest absolute Gasteiger partial charge is 0.220 e. The van der Waals surface area contributed by atoms with Crippen molar-refractivity contribution in [3.05, 3.63) is 0 Å². The second-order valence-electron chi connectivity index (χ2n) is 8.06. The highest BCUT2D eigenvalue weighted by Gasteiger charge is 2.26. The van der Waals surface area contributed by atoms with Crippen molar-refractivity contribution in [1.82, 2.24) is 20.4 Å². The fourth-order valence-electron chi connectivity index (χ4n) is 4.14. The van der Waals surface area contributed by atoms with E-state index in [2.05, 4.69) is 41.2 Å². The lowest BCUT2D eigenvalue weighted by molar-refractivity contribution is -0.121. The minimum Gasteiger partial charge on any atom is -0.359 e. The molecule has 0 radical (unpaired) electrons. The maximum Gasteiger partial charge on any atom is 0.220 e. The van der Waals surface area contributed by atoms with Gasteiger partial charge in [-0.25, -0.2) is 0 Å². The van der Waals surface area contributed by atoms with Crippen LogP contribution < -0.4 is 10.6 Å². The van der Waals surface area contributed by atoms with Gasteiger partial charge in [0.1, 0.15) is 0 Å². The minimum atomic E-state index is 0. The SMILES string of the molecule is CCNC(=NCC(C(C)C)N1CCCC1)N1CCC(CC(=O)NC)CC1.I. The molecule has 0 bridgehead atoms. The molecular weight excluding hydrogens is 453 g/mol. The molecular formula is C20H40IN5O. The van der Waals surface area contributed by atoms with Crippen molar-refractivity contribution in [2.45, 2.75) is 58.9 Å². The maximum atomic E-state index is 11.6. The van der Waals surface area contributed by atoms with Crippen molar-refractivity contribution >= 4 is 35.8 Å². The van der Waals surface area contributed by atoms with E-state index in [0.29, 0.717) is 24.3 Å². The lowest BCUT2D eigenvalue weighted by Crippen LogP contribution is -2.47. The van der Waals surface area contributed by atoms with Gasteiger partial charge < -0.3 is 15.5 Å².